The standard InChI is InChI=1S/C15H28N2O3/c1-7-11-13(18)16-15(5,6)14(19)17(11)12(10(3)4)9-20-8-2/h10-12H,7-9H2,1-6H3,(H,16,18). The molecule has 0 aromatic heterocycles. The van der Waals surface area contributed by atoms with Gasteiger partial charge in [0.1, 0.15) is 11.6 Å². The summed E-state index contributed by atoms with van der Waals surface area (Å²) in [5.41, 5.74) is -0.845. The molecule has 1 N–H and O–H groups in total. The lowest BCUT2D eigenvalue weighted by atomic mass is 9.91. The van der Waals surface area contributed by atoms with Gasteiger partial charge in [0.15, 0.2) is 0 Å². The zero-order valence-corrected chi connectivity index (χ0v) is 13.5. The Morgan fingerprint density at radius 1 is 1.30 bits per heavy atom. The lowest BCUT2D eigenvalue weighted by Crippen LogP contribution is -2.71. The molecule has 0 bridgehead atoms. The van der Waals surface area contributed by atoms with Gasteiger partial charge in [0.05, 0.1) is 12.6 Å². The smallest absolute Gasteiger partial charge is 0.248 e. The molecule has 0 aliphatic carbocycles. The van der Waals surface area contributed by atoms with Crippen molar-refractivity contribution in [3.63, 3.8) is 0 Å². The molecule has 1 aliphatic rings. The van der Waals surface area contributed by atoms with Gasteiger partial charge in [0.25, 0.3) is 0 Å². The van der Waals surface area contributed by atoms with Gasteiger partial charge >= 0.3 is 0 Å². The van der Waals surface area contributed by atoms with Crippen LogP contribution >= 0.6 is 0 Å². The fourth-order valence-corrected chi connectivity index (χ4v) is 2.63. The Morgan fingerprint density at radius 2 is 1.90 bits per heavy atom. The van der Waals surface area contributed by atoms with Crippen LogP contribution < -0.4 is 5.32 Å². The molecule has 5 nitrogen and oxygen atoms in total. The zero-order valence-electron chi connectivity index (χ0n) is 13.5. The maximum atomic E-state index is 12.7. The van der Waals surface area contributed by atoms with E-state index in [1.165, 1.54) is 0 Å². The highest BCUT2D eigenvalue weighted by Gasteiger charge is 2.47. The summed E-state index contributed by atoms with van der Waals surface area (Å²) in [5, 5.41) is 2.82. The predicted molar refractivity (Wildman–Crippen MR) is 78.3 cm³/mol. The van der Waals surface area contributed by atoms with E-state index >= 15 is 0 Å². The van der Waals surface area contributed by atoms with Gasteiger partial charge in [-0.2, -0.15) is 0 Å². The Morgan fingerprint density at radius 3 is 2.35 bits per heavy atom. The number of nitrogens with one attached hydrogen (secondary N) is 1. The van der Waals surface area contributed by atoms with Crippen molar-refractivity contribution in [3.8, 4) is 0 Å². The van der Waals surface area contributed by atoms with Crippen LogP contribution in [0.25, 0.3) is 0 Å². The molecule has 1 rings (SSSR count). The van der Waals surface area contributed by atoms with Crippen LogP contribution in [0.15, 0.2) is 0 Å². The van der Waals surface area contributed by atoms with Gasteiger partial charge < -0.3 is 15.0 Å². The number of ether oxygens (including phenoxy) is 1. The molecule has 116 valence electrons. The maximum Gasteiger partial charge on any atom is 0.248 e. The van der Waals surface area contributed by atoms with E-state index in [2.05, 4.69) is 19.2 Å². The molecule has 1 heterocycles. The van der Waals surface area contributed by atoms with Gasteiger partial charge in [-0.25, -0.2) is 0 Å². The second-order valence-corrected chi connectivity index (χ2v) is 6.22. The number of amides is 2. The molecular weight excluding hydrogens is 256 g/mol. The molecule has 0 aromatic rings. The Kier molecular flexibility index (Phi) is 5.57. The van der Waals surface area contributed by atoms with Gasteiger partial charge in [-0.3, -0.25) is 9.59 Å². The summed E-state index contributed by atoms with van der Waals surface area (Å²) in [6, 6.07) is -0.471. The van der Waals surface area contributed by atoms with Crippen LogP contribution in [0, 0.1) is 5.92 Å². The van der Waals surface area contributed by atoms with E-state index in [1.807, 2.05) is 13.8 Å². The Labute approximate surface area is 122 Å². The average Bonchev–Trinajstić information content (AvgIpc) is 2.34. The van der Waals surface area contributed by atoms with Crippen molar-refractivity contribution >= 4 is 11.8 Å². The molecule has 1 fully saturated rings. The second-order valence-electron chi connectivity index (χ2n) is 6.22. The summed E-state index contributed by atoms with van der Waals surface area (Å²) < 4.78 is 5.53. The first-order chi connectivity index (χ1) is 9.26. The van der Waals surface area contributed by atoms with Gasteiger partial charge in [-0.05, 0) is 33.1 Å². The molecule has 0 radical (unpaired) electrons. The van der Waals surface area contributed by atoms with Crippen LogP contribution in [0.1, 0.15) is 48.0 Å². The highest BCUT2D eigenvalue weighted by molar-refractivity contribution is 5.99. The molecule has 2 amide bonds. The van der Waals surface area contributed by atoms with Crippen LogP contribution in [0.3, 0.4) is 0 Å². The second kappa shape index (κ2) is 6.57. The third kappa shape index (κ3) is 3.32. The number of piperazine rings is 1. The highest BCUT2D eigenvalue weighted by atomic mass is 16.5. The van der Waals surface area contributed by atoms with E-state index < -0.39 is 11.6 Å². The summed E-state index contributed by atoms with van der Waals surface area (Å²) in [6.45, 7) is 12.6. The Balaban J connectivity index is 3.10. The van der Waals surface area contributed by atoms with E-state index in [0.29, 0.717) is 19.6 Å². The quantitative estimate of drug-likeness (QED) is 0.805. The van der Waals surface area contributed by atoms with Crippen LogP contribution in [0.5, 0.6) is 0 Å². The van der Waals surface area contributed by atoms with E-state index in [4.69, 9.17) is 4.74 Å². The van der Waals surface area contributed by atoms with Gasteiger partial charge in [0, 0.05) is 6.61 Å². The molecule has 1 saturated heterocycles. The SMILES string of the molecule is CCOCC(C(C)C)N1C(=O)C(C)(C)NC(=O)C1CC. The molecule has 20 heavy (non-hydrogen) atoms. The third-order valence-corrected chi connectivity index (χ3v) is 3.85. The molecular formula is C15H28N2O3. The fraction of sp³-hybridized carbons (Fsp3) is 0.867. The van der Waals surface area contributed by atoms with E-state index in [1.54, 1.807) is 18.7 Å². The summed E-state index contributed by atoms with van der Waals surface area (Å²) in [7, 11) is 0. The average molecular weight is 284 g/mol. The normalized spacial score (nSPS) is 23.9. The number of hydrogen-bond donors (Lipinski definition) is 1. The minimum absolute atomic E-state index is 0.0256. The topological polar surface area (TPSA) is 58.6 Å². The predicted octanol–water partition coefficient (Wildman–Crippen LogP) is 1.56. The monoisotopic (exact) mass is 284 g/mol. The van der Waals surface area contributed by atoms with Crippen molar-refractivity contribution in [1.82, 2.24) is 10.2 Å². The number of carbonyl (C=O) groups is 2. The summed E-state index contributed by atoms with van der Waals surface area (Å²) >= 11 is 0. The molecule has 2 atom stereocenters. The van der Waals surface area contributed by atoms with Gasteiger partial charge in [-0.15, -0.1) is 0 Å². The number of carbonyl (C=O) groups excluding carboxylic acids is 2. The first-order valence-electron chi connectivity index (χ1n) is 7.48. The van der Waals surface area contributed by atoms with Crippen molar-refractivity contribution in [1.29, 1.82) is 0 Å². The first kappa shape index (κ1) is 17.0. The number of hydrogen-bond acceptors (Lipinski definition) is 3. The van der Waals surface area contributed by atoms with Crippen LogP contribution in [-0.4, -0.2) is 47.6 Å². The Bertz CT molecular complexity index is 366. The largest absolute Gasteiger partial charge is 0.380 e. The molecule has 0 saturated carbocycles. The van der Waals surface area contributed by atoms with E-state index in [-0.39, 0.29) is 23.8 Å². The van der Waals surface area contributed by atoms with Crippen molar-refractivity contribution in [2.24, 2.45) is 5.92 Å². The van der Waals surface area contributed by atoms with Crippen LogP contribution in [0.4, 0.5) is 0 Å². The highest BCUT2D eigenvalue weighted by Crippen LogP contribution is 2.25. The molecule has 0 spiro atoms. The fourth-order valence-electron chi connectivity index (χ4n) is 2.63. The summed E-state index contributed by atoms with van der Waals surface area (Å²) in [6.07, 6.45) is 0.614. The lowest BCUT2D eigenvalue weighted by molar-refractivity contribution is -0.159. The first-order valence-corrected chi connectivity index (χ1v) is 7.48. The molecule has 0 aromatic carbocycles. The van der Waals surface area contributed by atoms with Gasteiger partial charge in [-0.1, -0.05) is 20.8 Å². The third-order valence-electron chi connectivity index (χ3n) is 3.85. The summed E-state index contributed by atoms with van der Waals surface area (Å²) in [4.78, 5) is 26.7. The van der Waals surface area contributed by atoms with E-state index in [9.17, 15) is 9.59 Å². The van der Waals surface area contributed by atoms with Crippen molar-refractivity contribution in [2.45, 2.75) is 65.6 Å². The number of rotatable bonds is 6. The maximum absolute atomic E-state index is 12.7. The number of nitrogens with zero attached hydrogens (tertiary/aromatic N) is 1. The van der Waals surface area contributed by atoms with Crippen LogP contribution in [0.2, 0.25) is 0 Å². The zero-order chi connectivity index (χ0) is 15.5. The van der Waals surface area contributed by atoms with E-state index in [0.717, 1.165) is 0 Å². The van der Waals surface area contributed by atoms with Gasteiger partial charge in [0.2, 0.25) is 11.8 Å². The summed E-state index contributed by atoms with van der Waals surface area (Å²) in [5.74, 6) is 0.142. The Hall–Kier alpha value is -1.10. The lowest BCUT2D eigenvalue weighted by Gasteiger charge is -2.47. The minimum Gasteiger partial charge on any atom is -0.380 e. The minimum atomic E-state index is -0.845. The van der Waals surface area contributed by atoms with Crippen molar-refractivity contribution < 1.29 is 14.3 Å². The molecule has 5 heteroatoms. The molecule has 1 aliphatic heterocycles. The van der Waals surface area contributed by atoms with Crippen molar-refractivity contribution in [3.05, 3.63) is 0 Å². The molecule has 2 unspecified atom stereocenters. The van der Waals surface area contributed by atoms with Crippen molar-refractivity contribution in [2.75, 3.05) is 13.2 Å². The van der Waals surface area contributed by atoms with Crippen LogP contribution in [-0.2, 0) is 14.3 Å².